The van der Waals surface area contributed by atoms with Gasteiger partial charge in [0.25, 0.3) is 0 Å². The Balaban J connectivity index is 1.92. The second-order valence-corrected chi connectivity index (χ2v) is 7.62. The van der Waals surface area contributed by atoms with Gasteiger partial charge in [0.1, 0.15) is 5.75 Å². The molecule has 0 radical (unpaired) electrons. The van der Waals surface area contributed by atoms with Gasteiger partial charge in [-0.3, -0.25) is 0 Å². The van der Waals surface area contributed by atoms with Crippen molar-refractivity contribution in [2.45, 2.75) is 33.2 Å². The highest BCUT2D eigenvalue weighted by Crippen LogP contribution is 2.24. The first kappa shape index (κ1) is 19.2. The molecule has 1 fully saturated rings. The van der Waals surface area contributed by atoms with Crippen LogP contribution in [0.2, 0.25) is 0 Å². The summed E-state index contributed by atoms with van der Waals surface area (Å²) in [6, 6.07) is 5.92. The molecule has 8 nitrogen and oxygen atoms in total. The minimum atomic E-state index is -0.159. The molecule has 1 aliphatic heterocycles. The van der Waals surface area contributed by atoms with Crippen molar-refractivity contribution in [3.05, 3.63) is 23.8 Å². The van der Waals surface area contributed by atoms with Gasteiger partial charge in [-0.05, 0) is 45.4 Å². The van der Waals surface area contributed by atoms with E-state index < -0.39 is 0 Å². The van der Waals surface area contributed by atoms with Gasteiger partial charge in [-0.1, -0.05) is 0 Å². The second-order valence-electron chi connectivity index (χ2n) is 7.62. The molecule has 2 heterocycles. The molecule has 0 saturated carbocycles. The van der Waals surface area contributed by atoms with Gasteiger partial charge in [-0.2, -0.15) is 15.0 Å². The Labute approximate surface area is 160 Å². The Morgan fingerprint density at radius 1 is 1.04 bits per heavy atom. The standard InChI is InChI=1S/C19H28N6O2/c1-13-10-14(12-15(11-13)26-5)20-16-21-17(24-19(2,3)4)23-18(22-16)25-6-8-27-9-7-25/h10-12H,6-9H2,1-5H3,(H2,20,21,22,23,24). The molecule has 1 saturated heterocycles. The van der Waals surface area contributed by atoms with Gasteiger partial charge in [0, 0.05) is 30.4 Å². The number of ether oxygens (including phenoxy) is 2. The highest BCUT2D eigenvalue weighted by molar-refractivity contribution is 5.59. The third-order valence-electron chi connectivity index (χ3n) is 3.95. The molecule has 1 aromatic carbocycles. The van der Waals surface area contributed by atoms with Crippen LogP contribution in [0.3, 0.4) is 0 Å². The van der Waals surface area contributed by atoms with E-state index in [2.05, 4.69) is 51.3 Å². The van der Waals surface area contributed by atoms with Gasteiger partial charge in [-0.15, -0.1) is 0 Å². The Morgan fingerprint density at radius 2 is 1.74 bits per heavy atom. The molecule has 2 N–H and O–H groups in total. The van der Waals surface area contributed by atoms with Gasteiger partial charge >= 0.3 is 0 Å². The first-order valence-electron chi connectivity index (χ1n) is 9.12. The quantitative estimate of drug-likeness (QED) is 0.829. The Kier molecular flexibility index (Phi) is 5.65. The number of hydrogen-bond acceptors (Lipinski definition) is 8. The number of nitrogens with zero attached hydrogens (tertiary/aromatic N) is 4. The van der Waals surface area contributed by atoms with Gasteiger partial charge in [0.05, 0.1) is 20.3 Å². The molecule has 0 atom stereocenters. The normalized spacial score (nSPS) is 14.8. The first-order chi connectivity index (χ1) is 12.8. The number of nitrogens with one attached hydrogen (secondary N) is 2. The summed E-state index contributed by atoms with van der Waals surface area (Å²) in [5.41, 5.74) is 1.80. The van der Waals surface area contributed by atoms with Crippen molar-refractivity contribution < 1.29 is 9.47 Å². The number of methoxy groups -OCH3 is 1. The third-order valence-corrected chi connectivity index (χ3v) is 3.95. The third kappa shape index (κ3) is 5.43. The molecule has 146 valence electrons. The molecule has 0 unspecified atom stereocenters. The van der Waals surface area contributed by atoms with E-state index in [9.17, 15) is 0 Å². The zero-order valence-electron chi connectivity index (χ0n) is 16.7. The molecule has 3 rings (SSSR count). The predicted octanol–water partition coefficient (Wildman–Crippen LogP) is 2.98. The van der Waals surface area contributed by atoms with E-state index in [4.69, 9.17) is 9.47 Å². The Morgan fingerprint density at radius 3 is 2.41 bits per heavy atom. The summed E-state index contributed by atoms with van der Waals surface area (Å²) in [6.07, 6.45) is 0. The van der Waals surface area contributed by atoms with E-state index in [0.29, 0.717) is 31.1 Å². The molecular weight excluding hydrogens is 344 g/mol. The van der Waals surface area contributed by atoms with Gasteiger partial charge in [-0.25, -0.2) is 0 Å². The van der Waals surface area contributed by atoms with Crippen LogP contribution in [0.1, 0.15) is 26.3 Å². The van der Waals surface area contributed by atoms with E-state index >= 15 is 0 Å². The lowest BCUT2D eigenvalue weighted by Gasteiger charge is -2.28. The monoisotopic (exact) mass is 372 g/mol. The fraction of sp³-hybridized carbons (Fsp3) is 0.526. The van der Waals surface area contributed by atoms with Crippen molar-refractivity contribution in [1.29, 1.82) is 0 Å². The molecule has 27 heavy (non-hydrogen) atoms. The van der Waals surface area contributed by atoms with E-state index in [-0.39, 0.29) is 5.54 Å². The summed E-state index contributed by atoms with van der Waals surface area (Å²) in [5, 5.41) is 6.62. The summed E-state index contributed by atoms with van der Waals surface area (Å²) < 4.78 is 10.8. The smallest absolute Gasteiger partial charge is 0.233 e. The number of benzene rings is 1. The molecule has 1 aromatic heterocycles. The maximum atomic E-state index is 5.44. The highest BCUT2D eigenvalue weighted by atomic mass is 16.5. The summed E-state index contributed by atoms with van der Waals surface area (Å²) in [7, 11) is 1.66. The lowest BCUT2D eigenvalue weighted by atomic mass is 10.1. The van der Waals surface area contributed by atoms with Crippen LogP contribution in [-0.2, 0) is 4.74 Å². The van der Waals surface area contributed by atoms with Crippen LogP contribution in [0.4, 0.5) is 23.5 Å². The number of morpholine rings is 1. The molecule has 0 aliphatic carbocycles. The summed E-state index contributed by atoms with van der Waals surface area (Å²) >= 11 is 0. The number of rotatable bonds is 5. The lowest BCUT2D eigenvalue weighted by molar-refractivity contribution is 0.122. The molecular formula is C19H28N6O2. The molecule has 0 spiro atoms. The zero-order valence-corrected chi connectivity index (χ0v) is 16.7. The minimum Gasteiger partial charge on any atom is -0.497 e. The van der Waals surface area contributed by atoms with Crippen LogP contribution < -0.4 is 20.3 Å². The molecule has 0 bridgehead atoms. The minimum absolute atomic E-state index is 0.159. The van der Waals surface area contributed by atoms with E-state index in [1.165, 1.54) is 0 Å². The maximum absolute atomic E-state index is 5.44. The zero-order chi connectivity index (χ0) is 19.4. The van der Waals surface area contributed by atoms with E-state index in [1.807, 2.05) is 25.1 Å². The first-order valence-corrected chi connectivity index (χ1v) is 9.12. The van der Waals surface area contributed by atoms with Crippen molar-refractivity contribution in [3.8, 4) is 5.75 Å². The predicted molar refractivity (Wildman–Crippen MR) is 107 cm³/mol. The molecule has 8 heteroatoms. The topological polar surface area (TPSA) is 84.4 Å². The molecule has 2 aromatic rings. The van der Waals surface area contributed by atoms with Gasteiger partial charge in [0.2, 0.25) is 17.8 Å². The number of hydrogen-bond donors (Lipinski definition) is 2. The van der Waals surface area contributed by atoms with Crippen LogP contribution in [0.5, 0.6) is 5.75 Å². The SMILES string of the molecule is COc1cc(C)cc(Nc2nc(NC(C)(C)C)nc(N3CCOCC3)n2)c1. The largest absolute Gasteiger partial charge is 0.497 e. The maximum Gasteiger partial charge on any atom is 0.233 e. The lowest BCUT2D eigenvalue weighted by Crippen LogP contribution is -2.38. The Bertz CT molecular complexity index is 784. The number of aromatic nitrogens is 3. The summed E-state index contributed by atoms with van der Waals surface area (Å²) in [4.78, 5) is 15.9. The summed E-state index contributed by atoms with van der Waals surface area (Å²) in [6.45, 7) is 11.1. The average molecular weight is 372 g/mol. The highest BCUT2D eigenvalue weighted by Gasteiger charge is 2.19. The van der Waals surface area contributed by atoms with Crippen LogP contribution in [0.25, 0.3) is 0 Å². The van der Waals surface area contributed by atoms with Crippen molar-refractivity contribution in [2.75, 3.05) is 48.9 Å². The van der Waals surface area contributed by atoms with Crippen LogP contribution in [-0.4, -0.2) is 53.9 Å². The number of aryl methyl sites for hydroxylation is 1. The molecule has 1 aliphatic rings. The Hall–Kier alpha value is -2.61. The van der Waals surface area contributed by atoms with Crippen molar-refractivity contribution in [2.24, 2.45) is 0 Å². The summed E-state index contributed by atoms with van der Waals surface area (Å²) in [5.74, 6) is 2.46. The second kappa shape index (κ2) is 7.96. The van der Waals surface area contributed by atoms with Gasteiger partial charge in [0.15, 0.2) is 0 Å². The van der Waals surface area contributed by atoms with Crippen LogP contribution in [0.15, 0.2) is 18.2 Å². The van der Waals surface area contributed by atoms with E-state index in [1.54, 1.807) is 7.11 Å². The van der Waals surface area contributed by atoms with E-state index in [0.717, 1.165) is 30.1 Å². The molecule has 0 amide bonds. The van der Waals surface area contributed by atoms with Crippen molar-refractivity contribution in [1.82, 2.24) is 15.0 Å². The average Bonchev–Trinajstić information content (AvgIpc) is 2.60. The van der Waals surface area contributed by atoms with Crippen LogP contribution in [0, 0.1) is 6.92 Å². The fourth-order valence-corrected chi connectivity index (χ4v) is 2.78. The van der Waals surface area contributed by atoms with Crippen molar-refractivity contribution in [3.63, 3.8) is 0 Å². The fourth-order valence-electron chi connectivity index (χ4n) is 2.78. The number of anilines is 4. The van der Waals surface area contributed by atoms with Gasteiger partial charge < -0.3 is 25.0 Å². The van der Waals surface area contributed by atoms with Crippen LogP contribution >= 0.6 is 0 Å². The van der Waals surface area contributed by atoms with Crippen molar-refractivity contribution >= 4 is 23.5 Å².